The zero-order chi connectivity index (χ0) is 12.8. The van der Waals surface area contributed by atoms with Gasteiger partial charge in [0.2, 0.25) is 0 Å². The van der Waals surface area contributed by atoms with Crippen molar-refractivity contribution in [2.75, 3.05) is 17.3 Å². The van der Waals surface area contributed by atoms with Gasteiger partial charge in [0, 0.05) is 18.3 Å². The van der Waals surface area contributed by atoms with E-state index >= 15 is 0 Å². The molecule has 0 atom stereocenters. The summed E-state index contributed by atoms with van der Waals surface area (Å²) in [6.07, 6.45) is 3.26. The molecule has 0 aromatic carbocycles. The molecule has 0 unspecified atom stereocenters. The van der Waals surface area contributed by atoms with Crippen molar-refractivity contribution in [3.63, 3.8) is 0 Å². The molecule has 0 spiro atoms. The second-order valence-corrected chi connectivity index (χ2v) is 6.74. The van der Waals surface area contributed by atoms with E-state index in [2.05, 4.69) is 10.4 Å². The minimum absolute atomic E-state index is 0.0326. The largest absolute Gasteiger partial charge is 0.383 e. The fraction of sp³-hybridized carbons (Fsp3) is 0.700. The van der Waals surface area contributed by atoms with Crippen molar-refractivity contribution in [2.24, 2.45) is 0 Å². The van der Waals surface area contributed by atoms with Gasteiger partial charge in [-0.15, -0.1) is 0 Å². The molecule has 1 fully saturated rings. The Morgan fingerprint density at radius 1 is 1.47 bits per heavy atom. The monoisotopic (exact) mass is 258 g/mol. The molecule has 7 heteroatoms. The highest BCUT2D eigenvalue weighted by atomic mass is 32.2. The van der Waals surface area contributed by atoms with E-state index in [-0.39, 0.29) is 16.8 Å². The molecule has 0 radical (unpaired) electrons. The highest BCUT2D eigenvalue weighted by Crippen LogP contribution is 2.33. The van der Waals surface area contributed by atoms with Crippen LogP contribution in [0.25, 0.3) is 0 Å². The van der Waals surface area contributed by atoms with Crippen LogP contribution in [0.3, 0.4) is 0 Å². The highest BCUT2D eigenvalue weighted by molar-refractivity contribution is 7.91. The first-order chi connectivity index (χ1) is 7.80. The van der Waals surface area contributed by atoms with Crippen molar-refractivity contribution >= 4 is 21.5 Å². The van der Waals surface area contributed by atoms with Crippen LogP contribution in [0.15, 0.2) is 4.90 Å². The average molecular weight is 258 g/mol. The summed E-state index contributed by atoms with van der Waals surface area (Å²) in [5.41, 5.74) is 5.87. The minimum atomic E-state index is -3.37. The number of nitrogen functional groups attached to an aromatic ring is 1. The van der Waals surface area contributed by atoms with Gasteiger partial charge in [0.15, 0.2) is 20.6 Å². The summed E-state index contributed by atoms with van der Waals surface area (Å²) in [5.74, 6) is 0.604. The van der Waals surface area contributed by atoms with Crippen molar-refractivity contribution in [2.45, 2.75) is 43.7 Å². The lowest BCUT2D eigenvalue weighted by Crippen LogP contribution is -2.09. The zero-order valence-corrected chi connectivity index (χ0v) is 11.1. The van der Waals surface area contributed by atoms with Gasteiger partial charge in [-0.3, -0.25) is 0 Å². The lowest BCUT2D eigenvalue weighted by Gasteiger charge is -2.06. The summed E-state index contributed by atoms with van der Waals surface area (Å²) < 4.78 is 25.0. The normalized spacial score (nSPS) is 16.5. The van der Waals surface area contributed by atoms with Crippen molar-refractivity contribution in [1.82, 2.24) is 9.78 Å². The quantitative estimate of drug-likeness (QED) is 0.841. The van der Waals surface area contributed by atoms with Crippen LogP contribution in [-0.2, 0) is 9.84 Å². The van der Waals surface area contributed by atoms with Crippen LogP contribution in [0.5, 0.6) is 0 Å². The molecule has 0 bridgehead atoms. The SMILES string of the molecule is CC(C)n1nc(NC2CC2)c(S(C)(=O)=O)c1N. The molecule has 1 aliphatic carbocycles. The Kier molecular flexibility index (Phi) is 2.81. The predicted molar refractivity (Wildman–Crippen MR) is 66.8 cm³/mol. The molecular formula is C10H18N4O2S. The van der Waals surface area contributed by atoms with Gasteiger partial charge in [0.25, 0.3) is 0 Å². The molecule has 0 amide bonds. The summed E-state index contributed by atoms with van der Waals surface area (Å²) in [7, 11) is -3.37. The standard InChI is InChI=1S/C10H18N4O2S/c1-6(2)14-9(11)8(17(3,15)16)10(13-14)12-7-4-5-7/h6-7H,4-5,11H2,1-3H3,(H,12,13). The van der Waals surface area contributed by atoms with Crippen LogP contribution in [0.4, 0.5) is 11.6 Å². The van der Waals surface area contributed by atoms with Crippen LogP contribution < -0.4 is 11.1 Å². The van der Waals surface area contributed by atoms with E-state index in [1.165, 1.54) is 0 Å². The van der Waals surface area contributed by atoms with E-state index in [0.29, 0.717) is 11.9 Å². The van der Waals surface area contributed by atoms with Crippen LogP contribution >= 0.6 is 0 Å². The van der Waals surface area contributed by atoms with Gasteiger partial charge in [-0.2, -0.15) is 5.10 Å². The molecule has 3 N–H and O–H groups in total. The van der Waals surface area contributed by atoms with E-state index in [1.54, 1.807) is 4.68 Å². The zero-order valence-electron chi connectivity index (χ0n) is 10.3. The van der Waals surface area contributed by atoms with E-state index in [9.17, 15) is 8.42 Å². The number of nitrogens with zero attached hydrogens (tertiary/aromatic N) is 2. The summed E-state index contributed by atoms with van der Waals surface area (Å²) in [6.45, 7) is 3.83. The van der Waals surface area contributed by atoms with E-state index < -0.39 is 9.84 Å². The van der Waals surface area contributed by atoms with Gasteiger partial charge in [0.1, 0.15) is 5.82 Å². The van der Waals surface area contributed by atoms with Gasteiger partial charge < -0.3 is 11.1 Å². The van der Waals surface area contributed by atoms with E-state index in [4.69, 9.17) is 5.73 Å². The van der Waals surface area contributed by atoms with E-state index in [0.717, 1.165) is 19.1 Å². The summed E-state index contributed by atoms with van der Waals surface area (Å²) in [6, 6.07) is 0.371. The predicted octanol–water partition coefficient (Wildman–Crippen LogP) is 1.02. The van der Waals surface area contributed by atoms with Crippen LogP contribution in [-0.4, -0.2) is 30.5 Å². The first-order valence-electron chi connectivity index (χ1n) is 5.65. The van der Waals surface area contributed by atoms with Gasteiger partial charge in [-0.25, -0.2) is 13.1 Å². The van der Waals surface area contributed by atoms with Gasteiger partial charge >= 0.3 is 0 Å². The summed E-state index contributed by atoms with van der Waals surface area (Å²) >= 11 is 0. The second-order valence-electron chi connectivity index (χ2n) is 4.79. The Morgan fingerprint density at radius 3 is 2.47 bits per heavy atom. The Bertz CT molecular complexity index is 529. The number of anilines is 2. The molecule has 1 aromatic rings. The number of sulfone groups is 1. The highest BCUT2D eigenvalue weighted by Gasteiger charge is 2.29. The van der Waals surface area contributed by atoms with Crippen LogP contribution in [0, 0.1) is 0 Å². The molecule has 1 aliphatic rings. The number of nitrogens with two attached hydrogens (primary N) is 1. The smallest absolute Gasteiger partial charge is 0.182 e. The van der Waals surface area contributed by atoms with Crippen LogP contribution in [0.1, 0.15) is 32.7 Å². The second kappa shape index (κ2) is 3.90. The minimum Gasteiger partial charge on any atom is -0.383 e. The molecular weight excluding hydrogens is 240 g/mol. The molecule has 96 valence electrons. The Labute approximate surface area is 101 Å². The fourth-order valence-electron chi connectivity index (χ4n) is 1.71. The number of rotatable bonds is 4. The Balaban J connectivity index is 2.51. The number of nitrogens with one attached hydrogen (secondary N) is 1. The van der Waals surface area contributed by atoms with Crippen molar-refractivity contribution in [3.05, 3.63) is 0 Å². The third kappa shape index (κ3) is 2.38. The van der Waals surface area contributed by atoms with Crippen molar-refractivity contribution < 1.29 is 8.42 Å². The summed E-state index contributed by atoms with van der Waals surface area (Å²) in [5, 5.41) is 7.37. The topological polar surface area (TPSA) is 90.0 Å². The first kappa shape index (κ1) is 12.2. The summed E-state index contributed by atoms with van der Waals surface area (Å²) in [4.78, 5) is 0.123. The van der Waals surface area contributed by atoms with Crippen molar-refractivity contribution in [1.29, 1.82) is 0 Å². The maximum atomic E-state index is 11.7. The third-order valence-corrected chi connectivity index (χ3v) is 3.82. The lowest BCUT2D eigenvalue weighted by atomic mass is 10.4. The van der Waals surface area contributed by atoms with Gasteiger partial charge in [-0.05, 0) is 26.7 Å². The molecule has 1 saturated carbocycles. The molecule has 17 heavy (non-hydrogen) atoms. The van der Waals surface area contributed by atoms with Gasteiger partial charge in [-0.1, -0.05) is 0 Å². The van der Waals surface area contributed by atoms with E-state index in [1.807, 2.05) is 13.8 Å². The lowest BCUT2D eigenvalue weighted by molar-refractivity contribution is 0.541. The maximum absolute atomic E-state index is 11.7. The third-order valence-electron chi connectivity index (χ3n) is 2.68. The molecule has 6 nitrogen and oxygen atoms in total. The number of hydrogen-bond acceptors (Lipinski definition) is 5. The van der Waals surface area contributed by atoms with Crippen LogP contribution in [0.2, 0.25) is 0 Å². The van der Waals surface area contributed by atoms with Crippen molar-refractivity contribution in [3.8, 4) is 0 Å². The molecule has 1 heterocycles. The molecule has 1 aromatic heterocycles. The Hall–Kier alpha value is -1.24. The maximum Gasteiger partial charge on any atom is 0.182 e. The molecule has 2 rings (SSSR count). The van der Waals surface area contributed by atoms with Gasteiger partial charge in [0.05, 0.1) is 0 Å². The fourth-order valence-corrected chi connectivity index (χ4v) is 2.63. The number of hydrogen-bond donors (Lipinski definition) is 2. The average Bonchev–Trinajstić information content (AvgIpc) is 2.87. The first-order valence-corrected chi connectivity index (χ1v) is 7.54. The Morgan fingerprint density at radius 2 is 2.06 bits per heavy atom. The molecule has 0 saturated heterocycles. The number of aromatic nitrogens is 2. The molecule has 0 aliphatic heterocycles.